The molecule has 1 aliphatic heterocycles. The fourth-order valence-corrected chi connectivity index (χ4v) is 3.66. The molecule has 1 saturated carbocycles. The van der Waals surface area contributed by atoms with E-state index >= 15 is 0 Å². The molecule has 2 aliphatic rings. The molecule has 3 rings (SSSR count). The minimum Gasteiger partial charge on any atom is -0.366 e. The molecule has 2 heterocycles. The first-order valence-electron chi connectivity index (χ1n) is 8.22. The van der Waals surface area contributed by atoms with Crippen LogP contribution in [0.25, 0.3) is 0 Å². The Hall–Kier alpha value is -1.60. The van der Waals surface area contributed by atoms with E-state index in [-0.39, 0.29) is 0 Å². The van der Waals surface area contributed by atoms with Crippen molar-refractivity contribution in [3.63, 3.8) is 0 Å². The van der Waals surface area contributed by atoms with Gasteiger partial charge in [-0.3, -0.25) is 0 Å². The van der Waals surface area contributed by atoms with E-state index in [1.807, 2.05) is 12.1 Å². The summed E-state index contributed by atoms with van der Waals surface area (Å²) in [6.45, 7) is 2.36. The van der Waals surface area contributed by atoms with Crippen LogP contribution in [0.15, 0.2) is 18.3 Å². The van der Waals surface area contributed by atoms with Gasteiger partial charge in [-0.1, -0.05) is 19.3 Å². The van der Waals surface area contributed by atoms with E-state index in [0.29, 0.717) is 11.6 Å². The molecule has 0 amide bonds. The molecular weight excluding hydrogens is 260 g/mol. The lowest BCUT2D eigenvalue weighted by Gasteiger charge is -2.39. The van der Waals surface area contributed by atoms with Gasteiger partial charge >= 0.3 is 0 Å². The maximum Gasteiger partial charge on any atom is 0.144 e. The van der Waals surface area contributed by atoms with Gasteiger partial charge in [-0.25, -0.2) is 4.98 Å². The molecule has 4 nitrogen and oxygen atoms in total. The number of nitriles is 1. The summed E-state index contributed by atoms with van der Waals surface area (Å²) in [7, 11) is 0. The zero-order chi connectivity index (χ0) is 14.5. The lowest BCUT2D eigenvalue weighted by molar-refractivity contribution is 0.126. The van der Waals surface area contributed by atoms with Crippen LogP contribution in [0.1, 0.15) is 50.5 Å². The SMILES string of the molecule is N#Cc1cccnc1NC1CCN(C2CCCCC2)CC1. The van der Waals surface area contributed by atoms with Gasteiger partial charge in [0.15, 0.2) is 0 Å². The number of nitrogens with one attached hydrogen (secondary N) is 1. The summed E-state index contributed by atoms with van der Waals surface area (Å²) in [5, 5.41) is 12.6. The van der Waals surface area contributed by atoms with Gasteiger partial charge in [-0.05, 0) is 37.8 Å². The van der Waals surface area contributed by atoms with Gasteiger partial charge in [-0.15, -0.1) is 0 Å². The summed E-state index contributed by atoms with van der Waals surface area (Å²) >= 11 is 0. The third kappa shape index (κ3) is 3.54. The molecule has 1 aliphatic carbocycles. The molecule has 1 aromatic heterocycles. The van der Waals surface area contributed by atoms with Crippen LogP contribution in [0, 0.1) is 11.3 Å². The van der Waals surface area contributed by atoms with Crippen molar-refractivity contribution >= 4 is 5.82 Å². The quantitative estimate of drug-likeness (QED) is 0.926. The summed E-state index contributed by atoms with van der Waals surface area (Å²) in [6.07, 6.45) is 11.1. The molecule has 0 aromatic carbocycles. The number of pyridine rings is 1. The second-order valence-corrected chi connectivity index (χ2v) is 6.26. The lowest BCUT2D eigenvalue weighted by Crippen LogP contribution is -2.45. The normalized spacial score (nSPS) is 21.9. The number of aromatic nitrogens is 1. The third-order valence-corrected chi connectivity index (χ3v) is 4.89. The Labute approximate surface area is 127 Å². The standard InChI is InChI=1S/C17H24N4/c18-13-14-5-4-10-19-17(14)20-15-8-11-21(12-9-15)16-6-2-1-3-7-16/h4-5,10,15-16H,1-3,6-9,11-12H2,(H,19,20). The zero-order valence-corrected chi connectivity index (χ0v) is 12.6. The van der Waals surface area contributed by atoms with Crippen molar-refractivity contribution in [1.29, 1.82) is 5.26 Å². The topological polar surface area (TPSA) is 52.0 Å². The Bertz CT molecular complexity index is 494. The molecule has 1 aromatic rings. The van der Waals surface area contributed by atoms with Gasteiger partial charge in [-0.2, -0.15) is 5.26 Å². The van der Waals surface area contributed by atoms with Crippen molar-refractivity contribution in [3.05, 3.63) is 23.9 Å². The number of rotatable bonds is 3. The molecule has 1 N–H and O–H groups in total. The fourth-order valence-electron chi connectivity index (χ4n) is 3.66. The van der Waals surface area contributed by atoms with Gasteiger partial charge in [0, 0.05) is 31.4 Å². The summed E-state index contributed by atoms with van der Waals surface area (Å²) in [4.78, 5) is 6.99. The molecular formula is C17H24N4. The van der Waals surface area contributed by atoms with E-state index in [1.54, 1.807) is 6.20 Å². The summed E-state index contributed by atoms with van der Waals surface area (Å²) in [5.74, 6) is 0.746. The highest BCUT2D eigenvalue weighted by molar-refractivity contribution is 5.51. The Morgan fingerprint density at radius 2 is 1.90 bits per heavy atom. The van der Waals surface area contributed by atoms with Crippen LogP contribution in [0.3, 0.4) is 0 Å². The van der Waals surface area contributed by atoms with E-state index in [2.05, 4.69) is 21.3 Å². The maximum absolute atomic E-state index is 9.12. The van der Waals surface area contributed by atoms with Crippen molar-refractivity contribution in [2.24, 2.45) is 0 Å². The number of likely N-dealkylation sites (tertiary alicyclic amines) is 1. The molecule has 0 spiro atoms. The van der Waals surface area contributed by atoms with Crippen LogP contribution in [0.2, 0.25) is 0 Å². The molecule has 0 atom stereocenters. The van der Waals surface area contributed by atoms with E-state index in [1.165, 1.54) is 45.2 Å². The summed E-state index contributed by atoms with van der Waals surface area (Å²) < 4.78 is 0. The number of hydrogen-bond acceptors (Lipinski definition) is 4. The van der Waals surface area contributed by atoms with Gasteiger partial charge in [0.25, 0.3) is 0 Å². The minimum atomic E-state index is 0.451. The Balaban J connectivity index is 1.53. The predicted molar refractivity (Wildman–Crippen MR) is 84.0 cm³/mol. The van der Waals surface area contributed by atoms with E-state index in [4.69, 9.17) is 5.26 Å². The monoisotopic (exact) mass is 284 g/mol. The molecule has 112 valence electrons. The number of anilines is 1. The molecule has 0 bridgehead atoms. The van der Waals surface area contributed by atoms with Gasteiger partial charge in [0.2, 0.25) is 0 Å². The predicted octanol–water partition coefficient (Wildman–Crippen LogP) is 3.16. The average molecular weight is 284 g/mol. The first-order valence-corrected chi connectivity index (χ1v) is 8.22. The molecule has 1 saturated heterocycles. The zero-order valence-electron chi connectivity index (χ0n) is 12.6. The van der Waals surface area contributed by atoms with Crippen LogP contribution in [-0.2, 0) is 0 Å². The number of hydrogen-bond donors (Lipinski definition) is 1. The van der Waals surface area contributed by atoms with Crippen LogP contribution >= 0.6 is 0 Å². The average Bonchev–Trinajstić information content (AvgIpc) is 2.57. The van der Waals surface area contributed by atoms with Crippen molar-refractivity contribution in [3.8, 4) is 6.07 Å². The molecule has 0 radical (unpaired) electrons. The van der Waals surface area contributed by atoms with Crippen molar-refractivity contribution in [2.45, 2.75) is 57.0 Å². The largest absolute Gasteiger partial charge is 0.366 e. The van der Waals surface area contributed by atoms with Crippen LogP contribution in [0.4, 0.5) is 5.82 Å². The summed E-state index contributed by atoms with van der Waals surface area (Å²) in [6, 6.07) is 7.13. The van der Waals surface area contributed by atoms with Crippen LogP contribution in [0.5, 0.6) is 0 Å². The molecule has 0 unspecified atom stereocenters. The van der Waals surface area contributed by atoms with E-state index < -0.39 is 0 Å². The Morgan fingerprint density at radius 3 is 2.62 bits per heavy atom. The van der Waals surface area contributed by atoms with Gasteiger partial charge in [0.05, 0.1) is 5.56 Å². The maximum atomic E-state index is 9.12. The van der Waals surface area contributed by atoms with Gasteiger partial charge in [0.1, 0.15) is 11.9 Å². The van der Waals surface area contributed by atoms with Crippen LogP contribution in [-0.4, -0.2) is 35.1 Å². The lowest BCUT2D eigenvalue weighted by atomic mass is 9.92. The van der Waals surface area contributed by atoms with Crippen molar-refractivity contribution in [1.82, 2.24) is 9.88 Å². The highest BCUT2D eigenvalue weighted by atomic mass is 15.2. The summed E-state index contributed by atoms with van der Waals surface area (Å²) in [5.41, 5.74) is 0.646. The number of piperidine rings is 1. The second-order valence-electron chi connectivity index (χ2n) is 6.26. The van der Waals surface area contributed by atoms with Crippen LogP contribution < -0.4 is 5.32 Å². The second kappa shape index (κ2) is 6.91. The third-order valence-electron chi connectivity index (χ3n) is 4.89. The first-order chi connectivity index (χ1) is 10.4. The highest BCUT2D eigenvalue weighted by Gasteiger charge is 2.26. The highest BCUT2D eigenvalue weighted by Crippen LogP contribution is 2.26. The molecule has 2 fully saturated rings. The van der Waals surface area contributed by atoms with E-state index in [0.717, 1.165) is 24.7 Å². The van der Waals surface area contributed by atoms with Crippen molar-refractivity contribution in [2.75, 3.05) is 18.4 Å². The molecule has 21 heavy (non-hydrogen) atoms. The molecule has 4 heteroatoms. The Morgan fingerprint density at radius 1 is 1.14 bits per heavy atom. The number of nitrogens with zero attached hydrogens (tertiary/aromatic N) is 3. The van der Waals surface area contributed by atoms with Crippen molar-refractivity contribution < 1.29 is 0 Å². The van der Waals surface area contributed by atoms with Gasteiger partial charge < -0.3 is 10.2 Å². The first kappa shape index (κ1) is 14.3. The fraction of sp³-hybridized carbons (Fsp3) is 0.647. The van der Waals surface area contributed by atoms with E-state index in [9.17, 15) is 0 Å². The Kier molecular flexibility index (Phi) is 4.72. The minimum absolute atomic E-state index is 0.451. The smallest absolute Gasteiger partial charge is 0.144 e.